The molecule has 0 aliphatic heterocycles. The number of hydrogen-bond acceptors (Lipinski definition) is 2. The predicted octanol–water partition coefficient (Wildman–Crippen LogP) is 18.6. The molecule has 0 unspecified atom stereocenters. The van der Waals surface area contributed by atoms with Crippen molar-refractivity contribution >= 4 is 104 Å². The summed E-state index contributed by atoms with van der Waals surface area (Å²) in [5.74, 6) is 0. The first kappa shape index (κ1) is 38.0. The second-order valence-electron chi connectivity index (χ2n) is 20.3. The van der Waals surface area contributed by atoms with Gasteiger partial charge in [-0.3, -0.25) is 0 Å². The van der Waals surface area contributed by atoms with E-state index in [9.17, 15) is 0 Å². The first-order chi connectivity index (χ1) is 33.3. The van der Waals surface area contributed by atoms with Gasteiger partial charge in [0.2, 0.25) is 0 Å². The van der Waals surface area contributed by atoms with Crippen LogP contribution in [0.4, 0.5) is 17.1 Å². The van der Waals surface area contributed by atoms with E-state index in [0.717, 1.165) is 39.0 Å². The number of anilines is 3. The Balaban J connectivity index is 1.02. The SMILES string of the molecule is CC1(C)c2cc(N(c3ccc4c5c(ccc4c3)-c3c(c4ccccc4c4ccccc34)C5(C)C)c3cccc4c3oc3ccccc34)c3ccccc3c2-c2c1c1ccccc1c1ccccc21. The molecule has 2 heteroatoms. The number of fused-ring (bicyclic) bond motifs is 23. The topological polar surface area (TPSA) is 16.4 Å². The quantitative estimate of drug-likeness (QED) is 0.165. The third-order valence-corrected chi connectivity index (χ3v) is 16.1. The zero-order chi connectivity index (χ0) is 45.2. The first-order valence-electron chi connectivity index (χ1n) is 24.0. The van der Waals surface area contributed by atoms with E-state index < -0.39 is 0 Å². The van der Waals surface area contributed by atoms with Crippen LogP contribution in [0.5, 0.6) is 0 Å². The van der Waals surface area contributed by atoms with Gasteiger partial charge in [0.15, 0.2) is 5.58 Å². The maximum atomic E-state index is 6.94. The van der Waals surface area contributed by atoms with E-state index in [1.807, 2.05) is 0 Å². The lowest BCUT2D eigenvalue weighted by molar-refractivity contribution is 0.666. The molecule has 0 saturated heterocycles. The summed E-state index contributed by atoms with van der Waals surface area (Å²) in [6, 6.07) is 74.7. The Morgan fingerprint density at radius 3 is 1.51 bits per heavy atom. The molecule has 13 aromatic rings. The Bertz CT molecular complexity index is 4390. The van der Waals surface area contributed by atoms with Crippen LogP contribution >= 0.6 is 0 Å². The van der Waals surface area contributed by atoms with Crippen LogP contribution in [0.2, 0.25) is 0 Å². The van der Waals surface area contributed by atoms with Gasteiger partial charge in [0.25, 0.3) is 0 Å². The summed E-state index contributed by atoms with van der Waals surface area (Å²) in [6.07, 6.45) is 0. The molecule has 0 fully saturated rings. The molecule has 0 saturated carbocycles. The van der Waals surface area contributed by atoms with Crippen molar-refractivity contribution in [3.05, 3.63) is 222 Å². The summed E-state index contributed by atoms with van der Waals surface area (Å²) < 4.78 is 6.94. The van der Waals surface area contributed by atoms with Gasteiger partial charge in [-0.05, 0) is 134 Å². The van der Waals surface area contributed by atoms with Crippen molar-refractivity contribution in [1.82, 2.24) is 0 Å². The van der Waals surface area contributed by atoms with Crippen LogP contribution in [0.1, 0.15) is 49.9 Å². The van der Waals surface area contributed by atoms with Gasteiger partial charge in [-0.1, -0.05) is 198 Å². The van der Waals surface area contributed by atoms with Gasteiger partial charge in [0.05, 0.1) is 11.4 Å². The number of hydrogen-bond donors (Lipinski definition) is 0. The lowest BCUT2D eigenvalue weighted by atomic mass is 9.78. The average Bonchev–Trinajstić information content (AvgIpc) is 3.97. The van der Waals surface area contributed by atoms with Crippen LogP contribution in [0.3, 0.4) is 0 Å². The van der Waals surface area contributed by atoms with E-state index in [1.165, 1.54) is 109 Å². The predicted molar refractivity (Wildman–Crippen MR) is 289 cm³/mol. The maximum Gasteiger partial charge on any atom is 0.159 e. The van der Waals surface area contributed by atoms with Crippen LogP contribution in [0.25, 0.3) is 109 Å². The number of para-hydroxylation sites is 2. The fourth-order valence-corrected chi connectivity index (χ4v) is 13.3. The number of furan rings is 1. The minimum atomic E-state index is -0.303. The molecule has 2 nitrogen and oxygen atoms in total. The highest BCUT2D eigenvalue weighted by molar-refractivity contribution is 6.24. The minimum absolute atomic E-state index is 0.236. The van der Waals surface area contributed by atoms with Crippen molar-refractivity contribution in [2.75, 3.05) is 4.90 Å². The molecule has 15 rings (SSSR count). The Kier molecular flexibility index (Phi) is 7.39. The van der Waals surface area contributed by atoms with E-state index in [0.29, 0.717) is 0 Å². The molecule has 0 N–H and O–H groups in total. The van der Waals surface area contributed by atoms with Crippen molar-refractivity contribution in [3.63, 3.8) is 0 Å². The lowest BCUT2D eigenvalue weighted by Gasteiger charge is -2.30. The zero-order valence-corrected chi connectivity index (χ0v) is 38.4. The fraction of sp³-hybridized carbons (Fsp3) is 0.0909. The third-order valence-electron chi connectivity index (χ3n) is 16.1. The molecule has 320 valence electrons. The van der Waals surface area contributed by atoms with E-state index in [4.69, 9.17) is 4.42 Å². The van der Waals surface area contributed by atoms with Crippen LogP contribution in [-0.2, 0) is 10.8 Å². The summed E-state index contributed by atoms with van der Waals surface area (Å²) in [7, 11) is 0. The van der Waals surface area contributed by atoms with Gasteiger partial charge in [0, 0.05) is 32.7 Å². The van der Waals surface area contributed by atoms with Crippen molar-refractivity contribution < 1.29 is 4.42 Å². The van der Waals surface area contributed by atoms with E-state index in [-0.39, 0.29) is 10.8 Å². The van der Waals surface area contributed by atoms with Crippen LogP contribution in [0, 0.1) is 0 Å². The minimum Gasteiger partial charge on any atom is -0.454 e. The first-order valence-corrected chi connectivity index (χ1v) is 24.0. The molecule has 1 aromatic heterocycles. The van der Waals surface area contributed by atoms with Gasteiger partial charge >= 0.3 is 0 Å². The second-order valence-corrected chi connectivity index (χ2v) is 20.3. The summed E-state index contributed by atoms with van der Waals surface area (Å²) in [5.41, 5.74) is 15.4. The number of nitrogens with zero attached hydrogens (tertiary/aromatic N) is 1. The van der Waals surface area contributed by atoms with Gasteiger partial charge < -0.3 is 9.32 Å². The number of benzene rings is 12. The highest BCUT2D eigenvalue weighted by atomic mass is 16.3. The fourth-order valence-electron chi connectivity index (χ4n) is 13.3. The average molecular weight is 868 g/mol. The molecule has 0 atom stereocenters. The van der Waals surface area contributed by atoms with Crippen LogP contribution in [-0.4, -0.2) is 0 Å². The molecule has 1 heterocycles. The highest BCUT2D eigenvalue weighted by Crippen LogP contribution is 2.60. The molecular formula is C66H45NO. The Morgan fingerprint density at radius 1 is 0.338 bits per heavy atom. The Hall–Kier alpha value is -8.20. The summed E-state index contributed by atoms with van der Waals surface area (Å²) in [4.78, 5) is 2.50. The lowest BCUT2D eigenvalue weighted by Crippen LogP contribution is -2.18. The van der Waals surface area contributed by atoms with Crippen molar-refractivity contribution in [3.8, 4) is 22.3 Å². The summed E-state index contributed by atoms with van der Waals surface area (Å²) in [5, 5.41) is 17.7. The third kappa shape index (κ3) is 4.77. The monoisotopic (exact) mass is 867 g/mol. The van der Waals surface area contributed by atoms with Crippen molar-refractivity contribution in [2.24, 2.45) is 0 Å². The normalized spacial score (nSPS) is 14.4. The standard InChI is InChI=1S/C66H45NO/c1-65(2)54-37-56(45-22-9-12-26-49(45)59(54)60-48-25-11-6-19-42(48)44-21-8-14-28-51(44)63(60)65)67(55-30-17-29-52-46-23-15-16-31-57(46)68-64(52)55)39-33-35-40-38(36-39)32-34-53-58-47-24-10-5-18-41(47)43-20-7-13-27-50(43)62(58)66(3,4)61(40)53/h5-37H,1-4H3. The molecule has 12 aromatic carbocycles. The van der Waals surface area contributed by atoms with E-state index >= 15 is 0 Å². The van der Waals surface area contributed by atoms with Crippen LogP contribution in [0.15, 0.2) is 205 Å². The summed E-state index contributed by atoms with van der Waals surface area (Å²) in [6.45, 7) is 9.74. The smallest absolute Gasteiger partial charge is 0.159 e. The van der Waals surface area contributed by atoms with Gasteiger partial charge in [0.1, 0.15) is 5.58 Å². The maximum absolute atomic E-state index is 6.94. The molecule has 2 aliphatic carbocycles. The molecule has 0 radical (unpaired) electrons. The van der Waals surface area contributed by atoms with E-state index in [1.54, 1.807) is 0 Å². The van der Waals surface area contributed by atoms with Crippen molar-refractivity contribution in [2.45, 2.75) is 38.5 Å². The Labute approximate surface area is 394 Å². The largest absolute Gasteiger partial charge is 0.454 e. The van der Waals surface area contributed by atoms with E-state index in [2.05, 4.69) is 233 Å². The van der Waals surface area contributed by atoms with Crippen LogP contribution < -0.4 is 4.90 Å². The molecule has 0 spiro atoms. The molecule has 0 bridgehead atoms. The molecule has 2 aliphatic rings. The van der Waals surface area contributed by atoms with Crippen molar-refractivity contribution in [1.29, 1.82) is 0 Å². The zero-order valence-electron chi connectivity index (χ0n) is 38.4. The highest BCUT2D eigenvalue weighted by Gasteiger charge is 2.42. The Morgan fingerprint density at radius 2 is 0.853 bits per heavy atom. The number of rotatable bonds is 3. The van der Waals surface area contributed by atoms with Gasteiger partial charge in [-0.25, -0.2) is 0 Å². The molecule has 0 amide bonds. The second kappa shape index (κ2) is 13.2. The summed E-state index contributed by atoms with van der Waals surface area (Å²) >= 11 is 0. The molecular weight excluding hydrogens is 823 g/mol. The molecule has 68 heavy (non-hydrogen) atoms. The van der Waals surface area contributed by atoms with Gasteiger partial charge in [-0.2, -0.15) is 0 Å². The van der Waals surface area contributed by atoms with Gasteiger partial charge in [-0.15, -0.1) is 0 Å².